The van der Waals surface area contributed by atoms with Gasteiger partial charge >= 0.3 is 0 Å². The van der Waals surface area contributed by atoms with Gasteiger partial charge < -0.3 is 15.4 Å². The van der Waals surface area contributed by atoms with E-state index in [4.69, 9.17) is 4.74 Å². The van der Waals surface area contributed by atoms with E-state index >= 15 is 0 Å². The van der Waals surface area contributed by atoms with Gasteiger partial charge in [0.15, 0.2) is 0 Å². The minimum absolute atomic E-state index is 0. The maximum absolute atomic E-state index is 12.4. The van der Waals surface area contributed by atoms with Crippen molar-refractivity contribution in [3.63, 3.8) is 0 Å². The lowest BCUT2D eigenvalue weighted by Gasteiger charge is -2.31. The quantitative estimate of drug-likeness (QED) is 0.707. The van der Waals surface area contributed by atoms with Gasteiger partial charge in [-0.1, -0.05) is 24.3 Å². The van der Waals surface area contributed by atoms with Gasteiger partial charge in [0.05, 0.1) is 12.7 Å². The third-order valence-electron chi connectivity index (χ3n) is 6.26. The number of halogens is 2. The standard InChI is InChI=1S/C22H33N3O2.2ClH/c1-16-14-25(7-8-27-16)15-18-4-2-3-17(9-18)13-23-22(26)12-19-10-20-5-6-21(11-19)24-20;;/h2-4,9,16,19-21,24H,5-8,10-15H2,1H3,(H,23,26);2*1H. The maximum Gasteiger partial charge on any atom is 0.220 e. The van der Waals surface area contributed by atoms with Crippen LogP contribution in [0, 0.1) is 5.92 Å². The molecule has 29 heavy (non-hydrogen) atoms. The fourth-order valence-electron chi connectivity index (χ4n) is 5.01. The number of rotatable bonds is 6. The summed E-state index contributed by atoms with van der Waals surface area (Å²) in [6.07, 6.45) is 5.90. The zero-order valence-corrected chi connectivity index (χ0v) is 18.9. The molecule has 0 saturated carbocycles. The molecule has 3 aliphatic rings. The predicted molar refractivity (Wildman–Crippen MR) is 121 cm³/mol. The summed E-state index contributed by atoms with van der Waals surface area (Å²) < 4.78 is 5.62. The van der Waals surface area contributed by atoms with Crippen LogP contribution < -0.4 is 10.6 Å². The first-order valence-electron chi connectivity index (χ1n) is 10.6. The number of hydrogen-bond acceptors (Lipinski definition) is 4. The van der Waals surface area contributed by atoms with Crippen molar-refractivity contribution in [2.75, 3.05) is 19.7 Å². The summed E-state index contributed by atoms with van der Waals surface area (Å²) in [5, 5.41) is 6.79. The molecule has 1 aromatic rings. The summed E-state index contributed by atoms with van der Waals surface area (Å²) in [5.41, 5.74) is 2.50. The number of carbonyl (C=O) groups is 1. The van der Waals surface area contributed by atoms with Gasteiger partial charge in [-0.2, -0.15) is 0 Å². The van der Waals surface area contributed by atoms with Crippen LogP contribution >= 0.6 is 24.8 Å². The average molecular weight is 444 g/mol. The monoisotopic (exact) mass is 443 g/mol. The van der Waals surface area contributed by atoms with Crippen LogP contribution in [0.2, 0.25) is 0 Å². The Morgan fingerprint density at radius 1 is 1.21 bits per heavy atom. The number of ether oxygens (including phenoxy) is 1. The Hall–Kier alpha value is -0.850. The van der Waals surface area contributed by atoms with Gasteiger partial charge in [-0.05, 0) is 49.7 Å². The number of amides is 1. The number of hydrogen-bond donors (Lipinski definition) is 2. The molecule has 3 aliphatic heterocycles. The molecule has 5 nitrogen and oxygen atoms in total. The second-order valence-corrected chi connectivity index (χ2v) is 8.69. The molecule has 0 aliphatic carbocycles. The van der Waals surface area contributed by atoms with Crippen LogP contribution in [0.15, 0.2) is 24.3 Å². The largest absolute Gasteiger partial charge is 0.376 e. The number of nitrogens with one attached hydrogen (secondary N) is 2. The molecule has 0 radical (unpaired) electrons. The fraction of sp³-hybridized carbons (Fsp3) is 0.682. The van der Waals surface area contributed by atoms with E-state index in [0.717, 1.165) is 39.1 Å². The zero-order valence-electron chi connectivity index (χ0n) is 17.3. The summed E-state index contributed by atoms with van der Waals surface area (Å²) >= 11 is 0. The van der Waals surface area contributed by atoms with E-state index in [1.165, 1.54) is 24.0 Å². The smallest absolute Gasteiger partial charge is 0.220 e. The molecule has 2 bridgehead atoms. The van der Waals surface area contributed by atoms with Crippen molar-refractivity contribution in [1.82, 2.24) is 15.5 Å². The van der Waals surface area contributed by atoms with Gasteiger partial charge in [0.1, 0.15) is 0 Å². The Morgan fingerprint density at radius 3 is 2.66 bits per heavy atom. The van der Waals surface area contributed by atoms with Gasteiger partial charge in [-0.25, -0.2) is 0 Å². The number of fused-ring (bicyclic) bond motifs is 2. The van der Waals surface area contributed by atoms with E-state index < -0.39 is 0 Å². The molecule has 1 amide bonds. The molecule has 7 heteroatoms. The first kappa shape index (κ1) is 24.4. The van der Waals surface area contributed by atoms with E-state index in [2.05, 4.69) is 46.7 Å². The molecule has 3 unspecified atom stereocenters. The molecule has 1 aromatic carbocycles. The third kappa shape index (κ3) is 7.11. The number of carbonyl (C=O) groups excluding carboxylic acids is 1. The van der Waals surface area contributed by atoms with Crippen molar-refractivity contribution in [2.45, 2.75) is 70.3 Å². The Labute approximate surface area is 187 Å². The molecule has 0 aromatic heterocycles. The van der Waals surface area contributed by atoms with Crippen LogP contribution in [-0.2, 0) is 22.6 Å². The lowest BCUT2D eigenvalue weighted by molar-refractivity contribution is -0.122. The van der Waals surface area contributed by atoms with Crippen molar-refractivity contribution in [3.8, 4) is 0 Å². The summed E-state index contributed by atoms with van der Waals surface area (Å²) in [4.78, 5) is 14.8. The normalized spacial score (nSPS) is 28.9. The number of piperidine rings is 1. The van der Waals surface area contributed by atoms with Crippen LogP contribution in [0.5, 0.6) is 0 Å². The second kappa shape index (κ2) is 11.5. The zero-order chi connectivity index (χ0) is 18.6. The topological polar surface area (TPSA) is 53.6 Å². The van der Waals surface area contributed by atoms with Crippen molar-refractivity contribution < 1.29 is 9.53 Å². The van der Waals surface area contributed by atoms with Crippen molar-refractivity contribution >= 4 is 30.7 Å². The molecular formula is C22H35Cl2N3O2. The van der Waals surface area contributed by atoms with Crippen LogP contribution in [0.4, 0.5) is 0 Å². The van der Waals surface area contributed by atoms with Crippen LogP contribution in [-0.4, -0.2) is 48.7 Å². The predicted octanol–water partition coefficient (Wildman–Crippen LogP) is 3.29. The molecule has 4 rings (SSSR count). The van der Waals surface area contributed by atoms with E-state index in [1.54, 1.807) is 0 Å². The van der Waals surface area contributed by atoms with E-state index in [0.29, 0.717) is 37.1 Å². The SMILES string of the molecule is CC1CN(Cc2cccc(CNC(=O)CC3CC4CCC(C3)N4)c2)CCO1.Cl.Cl. The minimum atomic E-state index is 0. The van der Waals surface area contributed by atoms with Gasteiger partial charge in [-0.3, -0.25) is 9.69 Å². The maximum atomic E-state index is 12.4. The second-order valence-electron chi connectivity index (χ2n) is 8.69. The van der Waals surface area contributed by atoms with Crippen molar-refractivity contribution in [1.29, 1.82) is 0 Å². The third-order valence-corrected chi connectivity index (χ3v) is 6.26. The highest BCUT2D eigenvalue weighted by molar-refractivity contribution is 5.85. The van der Waals surface area contributed by atoms with Gasteiger partial charge in [0, 0.05) is 44.7 Å². The molecule has 3 heterocycles. The highest BCUT2D eigenvalue weighted by atomic mass is 35.5. The Bertz CT molecular complexity index is 649. The van der Waals surface area contributed by atoms with E-state index in [-0.39, 0.29) is 30.7 Å². The molecule has 3 fully saturated rings. The highest BCUT2D eigenvalue weighted by Crippen LogP contribution is 2.32. The van der Waals surface area contributed by atoms with Crippen LogP contribution in [0.3, 0.4) is 0 Å². The Balaban J connectivity index is 0.00000150. The average Bonchev–Trinajstić information content (AvgIpc) is 2.99. The fourth-order valence-corrected chi connectivity index (χ4v) is 5.01. The lowest BCUT2D eigenvalue weighted by Crippen LogP contribution is -2.40. The van der Waals surface area contributed by atoms with Gasteiger partial charge in [0.2, 0.25) is 5.91 Å². The molecule has 3 atom stereocenters. The highest BCUT2D eigenvalue weighted by Gasteiger charge is 2.34. The lowest BCUT2D eigenvalue weighted by atomic mass is 9.89. The molecule has 2 N–H and O–H groups in total. The van der Waals surface area contributed by atoms with Gasteiger partial charge in [-0.15, -0.1) is 24.8 Å². The van der Waals surface area contributed by atoms with E-state index in [9.17, 15) is 4.79 Å². The summed E-state index contributed by atoms with van der Waals surface area (Å²) in [7, 11) is 0. The summed E-state index contributed by atoms with van der Waals surface area (Å²) in [6.45, 7) is 6.50. The Kier molecular flexibility index (Phi) is 9.70. The van der Waals surface area contributed by atoms with E-state index in [1.807, 2.05) is 0 Å². The number of benzene rings is 1. The van der Waals surface area contributed by atoms with Gasteiger partial charge in [0.25, 0.3) is 0 Å². The Morgan fingerprint density at radius 2 is 1.93 bits per heavy atom. The molecule has 164 valence electrons. The van der Waals surface area contributed by atoms with Crippen LogP contribution in [0.25, 0.3) is 0 Å². The summed E-state index contributed by atoms with van der Waals surface area (Å²) in [5.74, 6) is 0.757. The molecule has 3 saturated heterocycles. The first-order valence-corrected chi connectivity index (χ1v) is 10.6. The molecule has 0 spiro atoms. The summed E-state index contributed by atoms with van der Waals surface area (Å²) in [6, 6.07) is 9.92. The van der Waals surface area contributed by atoms with Crippen molar-refractivity contribution in [3.05, 3.63) is 35.4 Å². The first-order chi connectivity index (χ1) is 13.1. The van der Waals surface area contributed by atoms with Crippen molar-refractivity contribution in [2.24, 2.45) is 5.92 Å². The molecular weight excluding hydrogens is 409 g/mol. The van der Waals surface area contributed by atoms with Crippen LogP contribution in [0.1, 0.15) is 50.2 Å². The number of nitrogens with zero attached hydrogens (tertiary/aromatic N) is 1. The number of morpholine rings is 1. The minimum Gasteiger partial charge on any atom is -0.376 e.